The number of aromatic nitrogens is 6. The Bertz CT molecular complexity index is 1190. The first-order chi connectivity index (χ1) is 15.2. The molecule has 1 aliphatic heterocycles. The van der Waals surface area contributed by atoms with Crippen LogP contribution in [-0.4, -0.2) is 43.0 Å². The second kappa shape index (κ2) is 8.39. The normalized spacial score (nSPS) is 14.9. The van der Waals surface area contributed by atoms with Crippen molar-refractivity contribution >= 4 is 22.7 Å². The first-order valence-electron chi connectivity index (χ1n) is 10.8. The summed E-state index contributed by atoms with van der Waals surface area (Å²) in [6.45, 7) is 6.36. The van der Waals surface area contributed by atoms with E-state index >= 15 is 0 Å². The van der Waals surface area contributed by atoms with Crippen LogP contribution in [0.1, 0.15) is 44.2 Å². The molecule has 0 radical (unpaired) electrons. The van der Waals surface area contributed by atoms with E-state index in [2.05, 4.69) is 61.7 Å². The van der Waals surface area contributed by atoms with Crippen LogP contribution in [0.3, 0.4) is 0 Å². The number of anilines is 2. The Hall–Kier alpha value is -3.39. The van der Waals surface area contributed by atoms with Crippen LogP contribution < -0.4 is 10.6 Å². The topological polar surface area (TPSA) is 93.4 Å². The number of piperidine rings is 1. The summed E-state index contributed by atoms with van der Waals surface area (Å²) in [4.78, 5) is 9.35. The third-order valence-electron chi connectivity index (χ3n) is 5.75. The zero-order valence-electron chi connectivity index (χ0n) is 17.8. The fraction of sp³-hybridized carbons (Fsp3) is 0.348. The monoisotopic (exact) mass is 414 g/mol. The van der Waals surface area contributed by atoms with Crippen molar-refractivity contribution in [3.63, 3.8) is 0 Å². The number of nitrogens with one attached hydrogen (secondary N) is 2. The smallest absolute Gasteiger partial charge is 0.154 e. The molecule has 0 atom stereocenters. The van der Waals surface area contributed by atoms with Gasteiger partial charge in [-0.3, -0.25) is 9.67 Å². The van der Waals surface area contributed by atoms with Gasteiger partial charge in [0.05, 0.1) is 29.5 Å². The van der Waals surface area contributed by atoms with E-state index in [0.717, 1.165) is 53.7 Å². The van der Waals surface area contributed by atoms with Gasteiger partial charge < -0.3 is 10.6 Å². The van der Waals surface area contributed by atoms with Crippen molar-refractivity contribution in [1.29, 1.82) is 0 Å². The number of hydrogen-bond acceptors (Lipinski definition) is 7. The van der Waals surface area contributed by atoms with Gasteiger partial charge in [-0.05, 0) is 61.7 Å². The molecule has 4 aromatic rings. The van der Waals surface area contributed by atoms with E-state index in [9.17, 15) is 0 Å². The summed E-state index contributed by atoms with van der Waals surface area (Å²) < 4.78 is 2.09. The van der Waals surface area contributed by atoms with Crippen LogP contribution >= 0.6 is 0 Å². The molecule has 0 unspecified atom stereocenters. The molecule has 0 amide bonds. The fourth-order valence-corrected chi connectivity index (χ4v) is 3.88. The molecule has 0 saturated carbocycles. The second-order valence-electron chi connectivity index (χ2n) is 8.30. The quantitative estimate of drug-likeness (QED) is 0.508. The van der Waals surface area contributed by atoms with Gasteiger partial charge in [-0.2, -0.15) is 10.2 Å². The highest BCUT2D eigenvalue weighted by Crippen LogP contribution is 2.26. The summed E-state index contributed by atoms with van der Waals surface area (Å²) in [5.74, 6) is 1.79. The van der Waals surface area contributed by atoms with Crippen LogP contribution in [0.5, 0.6) is 0 Å². The molecular formula is C23H26N8. The Morgan fingerprint density at radius 2 is 1.87 bits per heavy atom. The summed E-state index contributed by atoms with van der Waals surface area (Å²) >= 11 is 0. The second-order valence-corrected chi connectivity index (χ2v) is 8.30. The van der Waals surface area contributed by atoms with Gasteiger partial charge in [0.25, 0.3) is 0 Å². The van der Waals surface area contributed by atoms with E-state index in [4.69, 9.17) is 4.98 Å². The predicted molar refractivity (Wildman–Crippen MR) is 121 cm³/mol. The van der Waals surface area contributed by atoms with Crippen LogP contribution in [0.25, 0.3) is 22.2 Å². The van der Waals surface area contributed by atoms with Crippen molar-refractivity contribution < 1.29 is 0 Å². The van der Waals surface area contributed by atoms with Crippen LogP contribution in [0, 0.1) is 0 Å². The highest BCUT2D eigenvalue weighted by atomic mass is 15.3. The minimum Gasteiger partial charge on any atom is -0.323 e. The number of pyridine rings is 2. The first kappa shape index (κ1) is 19.6. The van der Waals surface area contributed by atoms with Crippen molar-refractivity contribution in [3.8, 4) is 11.1 Å². The minimum atomic E-state index is 0.387. The highest BCUT2D eigenvalue weighted by Gasteiger charge is 2.16. The molecule has 1 fully saturated rings. The number of nitrogens with zero attached hydrogens (tertiary/aromatic N) is 6. The fourth-order valence-electron chi connectivity index (χ4n) is 3.88. The van der Waals surface area contributed by atoms with E-state index in [-0.39, 0.29) is 0 Å². The van der Waals surface area contributed by atoms with Gasteiger partial charge in [-0.15, -0.1) is 5.10 Å². The van der Waals surface area contributed by atoms with Crippen molar-refractivity contribution in [2.75, 3.05) is 18.4 Å². The van der Waals surface area contributed by atoms with Crippen LogP contribution in [0.4, 0.5) is 11.6 Å². The summed E-state index contributed by atoms with van der Waals surface area (Å²) in [7, 11) is 0. The van der Waals surface area contributed by atoms with E-state index in [1.807, 2.05) is 30.6 Å². The molecule has 1 saturated heterocycles. The average molecular weight is 415 g/mol. The lowest BCUT2D eigenvalue weighted by Gasteiger charge is -2.22. The Balaban J connectivity index is 1.40. The van der Waals surface area contributed by atoms with Gasteiger partial charge in [0.2, 0.25) is 0 Å². The predicted octanol–water partition coefficient (Wildman–Crippen LogP) is 4.07. The molecule has 0 aromatic carbocycles. The maximum Gasteiger partial charge on any atom is 0.154 e. The zero-order chi connectivity index (χ0) is 21.2. The first-order valence-corrected chi connectivity index (χ1v) is 10.8. The maximum atomic E-state index is 4.75. The molecule has 8 nitrogen and oxygen atoms in total. The maximum absolute atomic E-state index is 4.75. The number of hydrogen-bond donors (Lipinski definition) is 2. The van der Waals surface area contributed by atoms with Gasteiger partial charge in [-0.1, -0.05) is 13.8 Å². The molecule has 31 heavy (non-hydrogen) atoms. The van der Waals surface area contributed by atoms with Gasteiger partial charge in [0.1, 0.15) is 5.82 Å². The highest BCUT2D eigenvalue weighted by molar-refractivity contribution is 5.81. The Morgan fingerprint density at radius 1 is 1.00 bits per heavy atom. The minimum absolute atomic E-state index is 0.387. The van der Waals surface area contributed by atoms with E-state index < -0.39 is 0 Å². The molecule has 8 heteroatoms. The van der Waals surface area contributed by atoms with Gasteiger partial charge in [0, 0.05) is 23.5 Å². The molecule has 5 heterocycles. The standard InChI is InChI=1S/C23H26N8/c1-15(2)16-10-23(30-26-12-16)29-22-4-3-20-21(28-22)9-17(11-25-20)18-13-27-31(14-18)19-5-7-24-8-6-19/h3-4,9-15,19,24H,5-8H2,1-2H3,(H,28,29,30). The summed E-state index contributed by atoms with van der Waals surface area (Å²) in [5.41, 5.74) is 4.88. The van der Waals surface area contributed by atoms with Gasteiger partial charge in [-0.25, -0.2) is 4.98 Å². The van der Waals surface area contributed by atoms with Gasteiger partial charge in [0.15, 0.2) is 5.82 Å². The summed E-state index contributed by atoms with van der Waals surface area (Å²) in [6.07, 6.45) is 9.93. The Labute approximate surface area is 181 Å². The van der Waals surface area contributed by atoms with Crippen molar-refractivity contribution in [1.82, 2.24) is 35.3 Å². The Kier molecular flexibility index (Phi) is 5.30. The third-order valence-corrected chi connectivity index (χ3v) is 5.75. The summed E-state index contributed by atoms with van der Waals surface area (Å²) in [5, 5.41) is 19.5. The number of fused-ring (bicyclic) bond motifs is 1. The molecule has 4 aromatic heterocycles. The van der Waals surface area contributed by atoms with E-state index in [0.29, 0.717) is 23.6 Å². The lowest BCUT2D eigenvalue weighted by molar-refractivity contribution is 0.343. The summed E-state index contributed by atoms with van der Waals surface area (Å²) in [6, 6.07) is 8.40. The number of rotatable bonds is 5. The molecule has 158 valence electrons. The van der Waals surface area contributed by atoms with Crippen molar-refractivity contribution in [3.05, 3.63) is 54.6 Å². The average Bonchev–Trinajstić information content (AvgIpc) is 3.30. The van der Waals surface area contributed by atoms with Crippen molar-refractivity contribution in [2.45, 2.75) is 38.6 Å². The lowest BCUT2D eigenvalue weighted by atomic mass is 10.1. The largest absolute Gasteiger partial charge is 0.323 e. The SMILES string of the molecule is CC(C)c1cnnc(Nc2ccc3ncc(-c4cnn(C5CCNCC5)c4)cc3n2)c1. The van der Waals surface area contributed by atoms with E-state index in [1.165, 1.54) is 0 Å². The molecule has 1 aliphatic rings. The van der Waals surface area contributed by atoms with Gasteiger partial charge >= 0.3 is 0 Å². The lowest BCUT2D eigenvalue weighted by Crippen LogP contribution is -2.29. The van der Waals surface area contributed by atoms with Crippen LogP contribution in [0.2, 0.25) is 0 Å². The van der Waals surface area contributed by atoms with Crippen molar-refractivity contribution in [2.24, 2.45) is 0 Å². The molecule has 0 aliphatic carbocycles. The molecule has 2 N–H and O–H groups in total. The van der Waals surface area contributed by atoms with E-state index in [1.54, 1.807) is 6.20 Å². The molecule has 5 rings (SSSR count). The third kappa shape index (κ3) is 4.25. The molecule has 0 spiro atoms. The van der Waals surface area contributed by atoms with Crippen LogP contribution in [-0.2, 0) is 0 Å². The van der Waals surface area contributed by atoms with Crippen LogP contribution in [0.15, 0.2) is 49.1 Å². The Morgan fingerprint density at radius 3 is 2.71 bits per heavy atom. The molecular weight excluding hydrogens is 388 g/mol. The zero-order valence-corrected chi connectivity index (χ0v) is 17.8. The molecule has 0 bridgehead atoms.